The van der Waals surface area contributed by atoms with E-state index in [1.165, 1.54) is 0 Å². The van der Waals surface area contributed by atoms with E-state index in [0.717, 1.165) is 39.6 Å². The van der Waals surface area contributed by atoms with Crippen LogP contribution in [0.2, 0.25) is 18.1 Å². The Hall–Kier alpha value is -4.91. The minimum Gasteiger partial charge on any atom is -0.417 e. The molecule has 14 heteroatoms. The Morgan fingerprint density at radius 2 is 0.920 bits per heavy atom. The number of hydrogen-bond donors (Lipinski definition) is 0. The molecule has 12 nitrogen and oxygen atoms in total. The molecule has 8 atom stereocenters. The summed E-state index contributed by atoms with van der Waals surface area (Å²) >= 11 is 0. The van der Waals surface area contributed by atoms with Crippen molar-refractivity contribution in [3.05, 3.63) is 215 Å². The lowest BCUT2D eigenvalue weighted by molar-refractivity contribution is -0.347. The quantitative estimate of drug-likeness (QED) is 0.0315. The largest absolute Gasteiger partial charge is 0.417 e. The Kier molecular flexibility index (Phi) is 22.3. The minimum absolute atomic E-state index is 0.0766. The molecule has 1 aliphatic heterocycles. The molecule has 6 aromatic rings. The molecule has 0 saturated carbocycles. The fourth-order valence-electron chi connectivity index (χ4n) is 8.46. The van der Waals surface area contributed by atoms with E-state index in [1.807, 2.05) is 182 Å². The summed E-state index contributed by atoms with van der Waals surface area (Å²) in [5, 5.41) is -0.0821. The fraction of sp³-hybridized carbons (Fsp3) is 0.410. The van der Waals surface area contributed by atoms with Crippen LogP contribution in [-0.2, 0) is 96.3 Å². The van der Waals surface area contributed by atoms with Crippen LogP contribution < -0.4 is 0 Å². The molecule has 1 fully saturated rings. The molecule has 0 spiro atoms. The van der Waals surface area contributed by atoms with E-state index < -0.39 is 67.5 Å². The average Bonchev–Trinajstić information content (AvgIpc) is 3.41. The first kappa shape index (κ1) is 57.8. The molecule has 6 aromatic carbocycles. The smallest absolute Gasteiger partial charge is 0.264 e. The van der Waals surface area contributed by atoms with Gasteiger partial charge in [0.2, 0.25) is 0 Å². The van der Waals surface area contributed by atoms with Gasteiger partial charge in [0, 0.05) is 6.61 Å². The summed E-state index contributed by atoms with van der Waals surface area (Å²) in [6.45, 7) is 12.4. The zero-order chi connectivity index (χ0) is 52.9. The van der Waals surface area contributed by atoms with Crippen molar-refractivity contribution in [2.45, 2.75) is 134 Å². The summed E-state index contributed by atoms with van der Waals surface area (Å²) in [7, 11) is -6.43. The molecular formula is C61H76O12SSi. The second-order valence-corrected chi connectivity index (χ2v) is 26.9. The van der Waals surface area contributed by atoms with E-state index in [-0.39, 0.29) is 51.3 Å². The van der Waals surface area contributed by atoms with Crippen molar-refractivity contribution in [2.75, 3.05) is 26.1 Å². The molecule has 0 amide bonds. The number of ether oxygens (including phenoxy) is 8. The molecule has 0 N–H and O–H groups in total. The highest BCUT2D eigenvalue weighted by atomic mass is 32.2. The average molecular weight is 1060 g/mol. The Bertz CT molecular complexity index is 2610. The maximum absolute atomic E-state index is 13.5. The van der Waals surface area contributed by atoms with Gasteiger partial charge in [-0.3, -0.25) is 4.18 Å². The van der Waals surface area contributed by atoms with Crippen molar-refractivity contribution in [3.63, 3.8) is 0 Å². The number of benzene rings is 6. The molecule has 75 heavy (non-hydrogen) atoms. The van der Waals surface area contributed by atoms with Gasteiger partial charge in [0.15, 0.2) is 14.6 Å². The van der Waals surface area contributed by atoms with Crippen LogP contribution in [0, 0.1) is 0 Å². The van der Waals surface area contributed by atoms with Gasteiger partial charge in [-0.2, -0.15) is 8.42 Å². The standard InChI is InChI=1S/C61H76O12SSi/c1-61(2,3)75(5,6)70-38-37-53(66-41-49-29-17-9-18-30-49)56(55(73-74(4,62)63)46-65-40-48-27-15-8-16-28-48)72-60-59(69-44-52-35-23-12-24-36-52)58(68-43-51-33-21-11-22-34-51)57(67-42-50-31-19-10-20-32-50)54(71-60)45-64-39-47-25-13-7-14-26-47/h7-36,53-60H,37-46H2,1-6H3/t53-,54-,55-,56+,57-,58+,59-,60-/m1/s1. The molecule has 0 aliphatic carbocycles. The van der Waals surface area contributed by atoms with Crippen molar-refractivity contribution in [3.8, 4) is 0 Å². The first-order chi connectivity index (χ1) is 36.2. The lowest BCUT2D eigenvalue weighted by Crippen LogP contribution is -2.63. The third kappa shape index (κ3) is 19.0. The van der Waals surface area contributed by atoms with Crippen LogP contribution in [0.3, 0.4) is 0 Å². The maximum Gasteiger partial charge on any atom is 0.264 e. The lowest BCUT2D eigenvalue weighted by Gasteiger charge is -2.47. The van der Waals surface area contributed by atoms with E-state index in [9.17, 15) is 8.42 Å². The van der Waals surface area contributed by atoms with Crippen LogP contribution in [-0.4, -0.2) is 91.8 Å². The summed E-state index contributed by atoms with van der Waals surface area (Å²) in [5.74, 6) is 0. The highest BCUT2D eigenvalue weighted by Crippen LogP contribution is 2.38. The van der Waals surface area contributed by atoms with Crippen LogP contribution in [0.25, 0.3) is 0 Å². The van der Waals surface area contributed by atoms with Crippen LogP contribution in [0.15, 0.2) is 182 Å². The Balaban J connectivity index is 1.33. The highest BCUT2D eigenvalue weighted by molar-refractivity contribution is 7.86. The fourth-order valence-corrected chi connectivity index (χ4v) is 10.1. The summed E-state index contributed by atoms with van der Waals surface area (Å²) in [4.78, 5) is 0. The predicted octanol–water partition coefficient (Wildman–Crippen LogP) is 11.6. The molecule has 0 radical (unpaired) electrons. The van der Waals surface area contributed by atoms with E-state index in [4.69, 9.17) is 46.5 Å². The van der Waals surface area contributed by atoms with Gasteiger partial charge in [0.25, 0.3) is 10.1 Å². The van der Waals surface area contributed by atoms with Gasteiger partial charge in [0.1, 0.15) is 36.6 Å². The van der Waals surface area contributed by atoms with Crippen molar-refractivity contribution >= 4 is 18.4 Å². The topological polar surface area (TPSA) is 126 Å². The molecule has 0 bridgehead atoms. The zero-order valence-electron chi connectivity index (χ0n) is 44.3. The van der Waals surface area contributed by atoms with Gasteiger partial charge in [0.05, 0.1) is 65.2 Å². The monoisotopic (exact) mass is 1060 g/mol. The molecule has 0 unspecified atom stereocenters. The maximum atomic E-state index is 13.5. The van der Waals surface area contributed by atoms with Gasteiger partial charge in [-0.1, -0.05) is 203 Å². The van der Waals surface area contributed by atoms with Crippen molar-refractivity contribution in [1.82, 2.24) is 0 Å². The van der Waals surface area contributed by atoms with E-state index in [0.29, 0.717) is 19.6 Å². The molecular weight excluding hydrogens is 985 g/mol. The second-order valence-electron chi connectivity index (χ2n) is 20.5. The van der Waals surface area contributed by atoms with E-state index in [2.05, 4.69) is 33.9 Å². The van der Waals surface area contributed by atoms with Crippen LogP contribution in [0.5, 0.6) is 0 Å². The van der Waals surface area contributed by atoms with Gasteiger partial charge in [-0.25, -0.2) is 0 Å². The first-order valence-electron chi connectivity index (χ1n) is 25.9. The van der Waals surface area contributed by atoms with Crippen molar-refractivity contribution in [1.29, 1.82) is 0 Å². The van der Waals surface area contributed by atoms with Crippen LogP contribution in [0.1, 0.15) is 60.6 Å². The third-order valence-electron chi connectivity index (χ3n) is 13.5. The van der Waals surface area contributed by atoms with Gasteiger partial charge in [-0.05, 0) is 57.9 Å². The molecule has 0 aromatic heterocycles. The number of rotatable bonds is 30. The predicted molar refractivity (Wildman–Crippen MR) is 293 cm³/mol. The number of hydrogen-bond acceptors (Lipinski definition) is 12. The lowest BCUT2D eigenvalue weighted by atomic mass is 9.97. The van der Waals surface area contributed by atoms with Crippen LogP contribution in [0.4, 0.5) is 0 Å². The third-order valence-corrected chi connectivity index (χ3v) is 18.7. The molecule has 1 heterocycles. The van der Waals surface area contributed by atoms with Gasteiger partial charge in [-0.15, -0.1) is 0 Å². The summed E-state index contributed by atoms with van der Waals surface area (Å²) in [5.41, 5.74) is 5.60. The van der Waals surface area contributed by atoms with Crippen LogP contribution >= 0.6 is 0 Å². The SMILES string of the molecule is CC(C)(C)[Si](C)(C)OCC[C@@H](OCc1ccccc1)[C@H](O[C@H]1O[C@H](COCc2ccccc2)[C@@H](OCc2ccccc2)[C@H](OCc2ccccc2)[C@H]1OCc1ccccc1)[C@@H](COCc1ccccc1)OS(C)(=O)=O. The summed E-state index contributed by atoms with van der Waals surface area (Å²) in [6.07, 6.45) is -6.55. The van der Waals surface area contributed by atoms with Gasteiger partial charge < -0.3 is 42.3 Å². The Morgan fingerprint density at radius 1 is 0.520 bits per heavy atom. The van der Waals surface area contributed by atoms with E-state index >= 15 is 0 Å². The zero-order valence-corrected chi connectivity index (χ0v) is 46.1. The first-order valence-corrected chi connectivity index (χ1v) is 30.6. The molecule has 402 valence electrons. The highest BCUT2D eigenvalue weighted by Gasteiger charge is 2.51. The van der Waals surface area contributed by atoms with E-state index in [1.54, 1.807) is 0 Å². The molecule has 7 rings (SSSR count). The Morgan fingerprint density at radius 3 is 1.36 bits per heavy atom. The summed E-state index contributed by atoms with van der Waals surface area (Å²) in [6, 6.07) is 59.1. The molecule has 1 saturated heterocycles. The van der Waals surface area contributed by atoms with Crippen molar-refractivity contribution < 1.29 is 54.9 Å². The second kappa shape index (κ2) is 29.0. The summed E-state index contributed by atoms with van der Waals surface area (Å²) < 4.78 is 95.5. The Labute approximate surface area is 446 Å². The minimum atomic E-state index is -4.15. The molecule has 1 aliphatic rings. The van der Waals surface area contributed by atoms with Crippen molar-refractivity contribution in [2.24, 2.45) is 0 Å². The normalized spacial score (nSPS) is 19.6. The van der Waals surface area contributed by atoms with Gasteiger partial charge >= 0.3 is 0 Å².